The molecule has 2 rings (SSSR count). The maximum atomic E-state index is 6.05. The summed E-state index contributed by atoms with van der Waals surface area (Å²) in [6.07, 6.45) is 0. The lowest BCUT2D eigenvalue weighted by molar-refractivity contribution is 0.495. The summed E-state index contributed by atoms with van der Waals surface area (Å²) in [5.74, 6) is 0. The van der Waals surface area contributed by atoms with E-state index in [1.54, 1.807) is 0 Å². The van der Waals surface area contributed by atoms with Crippen LogP contribution in [-0.4, -0.2) is 0 Å². The first kappa shape index (κ1) is 14.4. The molecule has 2 atom stereocenters. The van der Waals surface area contributed by atoms with Gasteiger partial charge in [-0.15, -0.1) is 0 Å². The zero-order chi connectivity index (χ0) is 13.8. The van der Waals surface area contributed by atoms with Crippen LogP contribution in [0.1, 0.15) is 37.1 Å². The summed E-state index contributed by atoms with van der Waals surface area (Å²) >= 11 is 12.0. The Hall–Kier alpha value is -1.02. The lowest BCUT2D eigenvalue weighted by Crippen LogP contribution is -2.22. The second kappa shape index (κ2) is 6.42. The zero-order valence-electron chi connectivity index (χ0n) is 11.0. The number of nitrogens with one attached hydrogen (secondary N) is 1. The van der Waals surface area contributed by atoms with Crippen molar-refractivity contribution in [3.8, 4) is 0 Å². The van der Waals surface area contributed by atoms with Crippen LogP contribution >= 0.6 is 23.2 Å². The molecular formula is C16H17Cl2N. The molecule has 0 fully saturated rings. The molecule has 1 nitrogen and oxygen atoms in total. The highest BCUT2D eigenvalue weighted by Crippen LogP contribution is 2.26. The minimum atomic E-state index is 0.213. The average molecular weight is 294 g/mol. The largest absolute Gasteiger partial charge is 0.304 e. The number of hydrogen-bond acceptors (Lipinski definition) is 1. The van der Waals surface area contributed by atoms with E-state index in [4.69, 9.17) is 23.2 Å². The maximum absolute atomic E-state index is 6.05. The van der Waals surface area contributed by atoms with E-state index in [1.807, 2.05) is 24.3 Å². The van der Waals surface area contributed by atoms with Gasteiger partial charge in [0, 0.05) is 12.1 Å². The van der Waals surface area contributed by atoms with Gasteiger partial charge in [-0.1, -0.05) is 59.6 Å². The first-order chi connectivity index (χ1) is 9.08. The normalized spacial score (nSPS) is 14.1. The molecule has 0 aliphatic rings. The summed E-state index contributed by atoms with van der Waals surface area (Å²) in [7, 11) is 0. The molecule has 100 valence electrons. The molecule has 3 heteroatoms. The van der Waals surface area contributed by atoms with Crippen LogP contribution in [0.3, 0.4) is 0 Å². The molecule has 2 aromatic carbocycles. The highest BCUT2D eigenvalue weighted by molar-refractivity contribution is 6.42. The van der Waals surface area contributed by atoms with Crippen molar-refractivity contribution in [2.45, 2.75) is 25.9 Å². The molecule has 0 saturated carbocycles. The maximum Gasteiger partial charge on any atom is 0.0595 e. The van der Waals surface area contributed by atoms with Crippen LogP contribution in [0.4, 0.5) is 0 Å². The summed E-state index contributed by atoms with van der Waals surface area (Å²) < 4.78 is 0. The number of benzene rings is 2. The highest BCUT2D eigenvalue weighted by Gasteiger charge is 2.11. The van der Waals surface area contributed by atoms with Crippen LogP contribution in [0.25, 0.3) is 0 Å². The third kappa shape index (κ3) is 3.73. The molecule has 0 spiro atoms. The van der Waals surface area contributed by atoms with E-state index >= 15 is 0 Å². The third-order valence-electron chi connectivity index (χ3n) is 3.24. The summed E-state index contributed by atoms with van der Waals surface area (Å²) in [5, 5.41) is 4.75. The average Bonchev–Trinajstić information content (AvgIpc) is 2.42. The van der Waals surface area contributed by atoms with Crippen molar-refractivity contribution >= 4 is 23.2 Å². The Bertz CT molecular complexity index is 540. The summed E-state index contributed by atoms with van der Waals surface area (Å²) in [6.45, 7) is 4.28. The van der Waals surface area contributed by atoms with Crippen molar-refractivity contribution in [2.24, 2.45) is 0 Å². The molecule has 0 aliphatic carbocycles. The van der Waals surface area contributed by atoms with Crippen LogP contribution in [0, 0.1) is 0 Å². The minimum absolute atomic E-state index is 0.213. The quantitative estimate of drug-likeness (QED) is 0.795. The fourth-order valence-electron chi connectivity index (χ4n) is 2.09. The molecule has 0 bridgehead atoms. The topological polar surface area (TPSA) is 12.0 Å². The first-order valence-corrected chi connectivity index (χ1v) is 7.09. The Labute approximate surface area is 124 Å². The van der Waals surface area contributed by atoms with Gasteiger partial charge >= 0.3 is 0 Å². The second-order valence-corrected chi connectivity index (χ2v) is 5.51. The van der Waals surface area contributed by atoms with Gasteiger partial charge in [-0.2, -0.15) is 0 Å². The van der Waals surface area contributed by atoms with Crippen molar-refractivity contribution in [1.82, 2.24) is 5.32 Å². The van der Waals surface area contributed by atoms with E-state index < -0.39 is 0 Å². The van der Waals surface area contributed by atoms with Gasteiger partial charge in [0.05, 0.1) is 10.0 Å². The summed E-state index contributed by atoms with van der Waals surface area (Å²) in [6, 6.07) is 16.6. The number of hydrogen-bond donors (Lipinski definition) is 1. The molecule has 0 aliphatic heterocycles. The van der Waals surface area contributed by atoms with Crippen LogP contribution in [0.5, 0.6) is 0 Å². The molecule has 0 saturated heterocycles. The van der Waals surface area contributed by atoms with Gasteiger partial charge in [-0.3, -0.25) is 0 Å². The molecule has 1 unspecified atom stereocenters. The molecule has 0 heterocycles. The molecular weight excluding hydrogens is 277 g/mol. The summed E-state index contributed by atoms with van der Waals surface area (Å²) in [4.78, 5) is 0. The predicted molar refractivity (Wildman–Crippen MR) is 82.9 cm³/mol. The smallest absolute Gasteiger partial charge is 0.0595 e. The van der Waals surface area contributed by atoms with Crippen LogP contribution < -0.4 is 5.32 Å². The Morgan fingerprint density at radius 2 is 1.42 bits per heavy atom. The van der Waals surface area contributed by atoms with E-state index in [-0.39, 0.29) is 12.1 Å². The van der Waals surface area contributed by atoms with Crippen molar-refractivity contribution < 1.29 is 0 Å². The fourth-order valence-corrected chi connectivity index (χ4v) is 2.40. The van der Waals surface area contributed by atoms with Crippen molar-refractivity contribution in [3.63, 3.8) is 0 Å². The molecule has 0 amide bonds. The second-order valence-electron chi connectivity index (χ2n) is 4.69. The van der Waals surface area contributed by atoms with Gasteiger partial charge < -0.3 is 5.32 Å². The molecule has 2 aromatic rings. The van der Waals surface area contributed by atoms with Crippen LogP contribution in [0.2, 0.25) is 10.0 Å². The lowest BCUT2D eigenvalue weighted by Gasteiger charge is -2.21. The predicted octanol–water partition coefficient (Wildman–Crippen LogP) is 5.41. The van der Waals surface area contributed by atoms with Gasteiger partial charge in [-0.05, 0) is 37.1 Å². The Morgan fingerprint density at radius 3 is 2.05 bits per heavy atom. The van der Waals surface area contributed by atoms with E-state index in [9.17, 15) is 0 Å². The minimum Gasteiger partial charge on any atom is -0.304 e. The van der Waals surface area contributed by atoms with Crippen molar-refractivity contribution in [1.29, 1.82) is 0 Å². The monoisotopic (exact) mass is 293 g/mol. The standard InChI is InChI=1S/C16H17Cl2N/c1-11(13-6-4-3-5-7-13)19-12(2)14-8-9-15(17)16(18)10-14/h3-12,19H,1-2H3/t11-,12?/m1/s1. The third-order valence-corrected chi connectivity index (χ3v) is 3.98. The Kier molecular flexibility index (Phi) is 4.87. The SMILES string of the molecule is CC(N[C@H](C)c1ccccc1)c1ccc(Cl)c(Cl)c1. The first-order valence-electron chi connectivity index (χ1n) is 6.34. The van der Waals surface area contributed by atoms with Crippen molar-refractivity contribution in [2.75, 3.05) is 0 Å². The van der Waals surface area contributed by atoms with E-state index in [2.05, 4.69) is 43.4 Å². The van der Waals surface area contributed by atoms with Crippen LogP contribution in [-0.2, 0) is 0 Å². The van der Waals surface area contributed by atoms with E-state index in [0.717, 1.165) is 5.56 Å². The number of halogens is 2. The zero-order valence-corrected chi connectivity index (χ0v) is 12.5. The van der Waals surface area contributed by atoms with Gasteiger partial charge in [-0.25, -0.2) is 0 Å². The van der Waals surface area contributed by atoms with Crippen LogP contribution in [0.15, 0.2) is 48.5 Å². The van der Waals surface area contributed by atoms with Gasteiger partial charge in [0.2, 0.25) is 0 Å². The highest BCUT2D eigenvalue weighted by atomic mass is 35.5. The molecule has 0 aromatic heterocycles. The molecule has 0 radical (unpaired) electrons. The van der Waals surface area contributed by atoms with E-state index in [1.165, 1.54) is 5.56 Å². The van der Waals surface area contributed by atoms with E-state index in [0.29, 0.717) is 10.0 Å². The fraction of sp³-hybridized carbons (Fsp3) is 0.250. The van der Waals surface area contributed by atoms with Gasteiger partial charge in [0.15, 0.2) is 0 Å². The lowest BCUT2D eigenvalue weighted by atomic mass is 10.0. The van der Waals surface area contributed by atoms with Gasteiger partial charge in [0.1, 0.15) is 0 Å². The van der Waals surface area contributed by atoms with Gasteiger partial charge in [0.25, 0.3) is 0 Å². The Morgan fingerprint density at radius 1 is 0.789 bits per heavy atom. The molecule has 19 heavy (non-hydrogen) atoms. The molecule has 1 N–H and O–H groups in total. The Balaban J connectivity index is 2.08. The van der Waals surface area contributed by atoms with Crippen molar-refractivity contribution in [3.05, 3.63) is 69.7 Å². The number of rotatable bonds is 4. The summed E-state index contributed by atoms with van der Waals surface area (Å²) in [5.41, 5.74) is 2.41.